The summed E-state index contributed by atoms with van der Waals surface area (Å²) in [5.41, 5.74) is 1.02. The highest BCUT2D eigenvalue weighted by atomic mass is 19.4. The lowest BCUT2D eigenvalue weighted by molar-refractivity contribution is -0.137. The molecule has 0 radical (unpaired) electrons. The number of anilines is 1. The second kappa shape index (κ2) is 4.79. The Hall–Kier alpha value is -1.83. The van der Waals surface area contributed by atoms with Crippen LogP contribution in [-0.4, -0.2) is 11.5 Å². The van der Waals surface area contributed by atoms with Crippen LogP contribution in [0.5, 0.6) is 0 Å². The van der Waals surface area contributed by atoms with Gasteiger partial charge in [-0.25, -0.2) is 10.8 Å². The lowest BCUT2D eigenvalue weighted by atomic mass is 10.2. The van der Waals surface area contributed by atoms with Crippen molar-refractivity contribution in [2.75, 3.05) is 5.43 Å². The van der Waals surface area contributed by atoms with Gasteiger partial charge in [0.2, 0.25) is 0 Å². The van der Waals surface area contributed by atoms with E-state index in [0.717, 1.165) is 12.1 Å². The van der Waals surface area contributed by atoms with Crippen LogP contribution < -0.4 is 11.3 Å². The molecule has 0 aliphatic carbocycles. The minimum Gasteiger partial charge on any atom is -0.461 e. The maximum absolute atomic E-state index is 12.4. The monoisotopic (exact) mass is 235 g/mol. The van der Waals surface area contributed by atoms with Gasteiger partial charge in [0.15, 0.2) is 5.82 Å². The first-order chi connectivity index (χ1) is 7.49. The molecule has 0 fully saturated rings. The summed E-state index contributed by atoms with van der Waals surface area (Å²) in [5, 5.41) is 0. The topological polar surface area (TPSA) is 77.2 Å². The van der Waals surface area contributed by atoms with Crippen molar-refractivity contribution in [3.8, 4) is 0 Å². The molecular weight excluding hydrogens is 227 g/mol. The second-order valence-electron chi connectivity index (χ2n) is 2.75. The fraction of sp³-hybridized carbons (Fsp3) is 0.250. The smallest absolute Gasteiger partial charge is 0.419 e. The van der Waals surface area contributed by atoms with Crippen LogP contribution in [0.4, 0.5) is 19.0 Å². The molecule has 1 aromatic heterocycles. The van der Waals surface area contributed by atoms with E-state index in [1.807, 2.05) is 5.43 Å². The molecule has 0 spiro atoms. The first-order valence-corrected chi connectivity index (χ1v) is 4.08. The van der Waals surface area contributed by atoms with E-state index in [-0.39, 0.29) is 18.8 Å². The quantitative estimate of drug-likeness (QED) is 0.463. The summed E-state index contributed by atoms with van der Waals surface area (Å²) in [6.45, 7) is -0.0365. The minimum absolute atomic E-state index is 0.160. The summed E-state index contributed by atoms with van der Waals surface area (Å²) in [6, 6.07) is 1.92. The molecule has 16 heavy (non-hydrogen) atoms. The largest absolute Gasteiger partial charge is 0.461 e. The van der Waals surface area contributed by atoms with E-state index in [4.69, 9.17) is 5.84 Å². The third-order valence-electron chi connectivity index (χ3n) is 1.69. The van der Waals surface area contributed by atoms with Gasteiger partial charge in [0.05, 0.1) is 11.3 Å². The van der Waals surface area contributed by atoms with Crippen molar-refractivity contribution in [3.63, 3.8) is 0 Å². The zero-order valence-corrected chi connectivity index (χ0v) is 7.91. The van der Waals surface area contributed by atoms with Crippen LogP contribution in [0.15, 0.2) is 12.1 Å². The number of carbonyl (C=O) groups is 1. The number of rotatable bonds is 4. The van der Waals surface area contributed by atoms with E-state index in [2.05, 4.69) is 9.72 Å². The summed E-state index contributed by atoms with van der Waals surface area (Å²) >= 11 is 0. The Morgan fingerprint density at radius 1 is 1.50 bits per heavy atom. The predicted octanol–water partition coefficient (Wildman–Crippen LogP) is 1.06. The molecular formula is C8H8F3N3O2. The first kappa shape index (κ1) is 12.2. The molecule has 0 aliphatic rings. The van der Waals surface area contributed by atoms with Crippen molar-refractivity contribution in [2.45, 2.75) is 12.8 Å². The van der Waals surface area contributed by atoms with Gasteiger partial charge in [-0.05, 0) is 12.1 Å². The zero-order valence-electron chi connectivity index (χ0n) is 7.91. The number of hydrogen-bond acceptors (Lipinski definition) is 5. The Bertz CT molecular complexity index is 381. The molecule has 0 aromatic carbocycles. The van der Waals surface area contributed by atoms with Crippen molar-refractivity contribution in [2.24, 2.45) is 5.84 Å². The average Bonchev–Trinajstić information content (AvgIpc) is 2.24. The Morgan fingerprint density at radius 2 is 2.19 bits per heavy atom. The number of aromatic nitrogens is 1. The Morgan fingerprint density at radius 3 is 2.69 bits per heavy atom. The van der Waals surface area contributed by atoms with E-state index >= 15 is 0 Å². The van der Waals surface area contributed by atoms with Crippen molar-refractivity contribution in [1.29, 1.82) is 0 Å². The number of pyridine rings is 1. The third-order valence-corrected chi connectivity index (χ3v) is 1.69. The molecule has 0 aliphatic heterocycles. The zero-order chi connectivity index (χ0) is 12.2. The Labute approximate surface area is 88.4 Å². The molecule has 1 rings (SSSR count). The Kier molecular flexibility index (Phi) is 3.67. The molecule has 0 saturated heterocycles. The van der Waals surface area contributed by atoms with Crippen LogP contribution in [0.1, 0.15) is 11.3 Å². The number of nitrogens with zero attached hydrogens (tertiary/aromatic N) is 1. The van der Waals surface area contributed by atoms with Gasteiger partial charge >= 0.3 is 6.18 Å². The standard InChI is InChI=1S/C8H8F3N3O2/c9-8(10,11)6-2-1-5(3-16-4-15)13-7(6)14-12/h1-2,4H,3,12H2,(H,13,14). The average molecular weight is 235 g/mol. The number of carbonyl (C=O) groups excluding carboxylic acids is 1. The van der Waals surface area contributed by atoms with E-state index in [9.17, 15) is 18.0 Å². The maximum atomic E-state index is 12.4. The van der Waals surface area contributed by atoms with E-state index in [1.54, 1.807) is 0 Å². The predicted molar refractivity (Wildman–Crippen MR) is 47.9 cm³/mol. The highest BCUT2D eigenvalue weighted by Gasteiger charge is 2.34. The number of nitrogens with two attached hydrogens (primary N) is 1. The molecule has 5 nitrogen and oxygen atoms in total. The summed E-state index contributed by atoms with van der Waals surface area (Å²) < 4.78 is 41.5. The van der Waals surface area contributed by atoms with Crippen LogP contribution in [-0.2, 0) is 22.3 Å². The molecule has 88 valence electrons. The van der Waals surface area contributed by atoms with Crippen molar-refractivity contribution in [1.82, 2.24) is 4.98 Å². The molecule has 1 aromatic rings. The number of nitrogen functional groups attached to an aromatic ring is 1. The molecule has 0 saturated carbocycles. The van der Waals surface area contributed by atoms with Gasteiger partial charge in [0.25, 0.3) is 6.47 Å². The van der Waals surface area contributed by atoms with Crippen molar-refractivity contribution < 1.29 is 22.7 Å². The first-order valence-electron chi connectivity index (χ1n) is 4.08. The molecule has 0 bridgehead atoms. The van der Waals surface area contributed by atoms with Crippen LogP contribution in [0.2, 0.25) is 0 Å². The van der Waals surface area contributed by atoms with Gasteiger partial charge in [-0.2, -0.15) is 13.2 Å². The second-order valence-corrected chi connectivity index (χ2v) is 2.75. The molecule has 0 unspecified atom stereocenters. The van der Waals surface area contributed by atoms with Crippen molar-refractivity contribution in [3.05, 3.63) is 23.4 Å². The molecule has 0 atom stereocenters. The normalized spacial score (nSPS) is 11.0. The number of hydrazine groups is 1. The van der Waals surface area contributed by atoms with Gasteiger partial charge in [0, 0.05) is 0 Å². The molecule has 3 N–H and O–H groups in total. The van der Waals surface area contributed by atoms with E-state index in [0.29, 0.717) is 0 Å². The minimum atomic E-state index is -4.54. The third kappa shape index (κ3) is 2.83. The SMILES string of the molecule is NNc1nc(COC=O)ccc1C(F)(F)F. The molecule has 8 heteroatoms. The maximum Gasteiger partial charge on any atom is 0.419 e. The number of hydrogen-bond donors (Lipinski definition) is 2. The highest BCUT2D eigenvalue weighted by Crippen LogP contribution is 2.33. The summed E-state index contributed by atoms with van der Waals surface area (Å²) in [7, 11) is 0. The summed E-state index contributed by atoms with van der Waals surface area (Å²) in [5.74, 6) is 4.41. The summed E-state index contributed by atoms with van der Waals surface area (Å²) in [4.78, 5) is 13.4. The van der Waals surface area contributed by atoms with E-state index < -0.39 is 17.6 Å². The van der Waals surface area contributed by atoms with Gasteiger partial charge < -0.3 is 10.2 Å². The molecule has 0 amide bonds. The van der Waals surface area contributed by atoms with Crippen LogP contribution in [0.25, 0.3) is 0 Å². The number of nitrogens with one attached hydrogen (secondary N) is 1. The van der Waals surface area contributed by atoms with Crippen LogP contribution in [0, 0.1) is 0 Å². The number of alkyl halides is 3. The number of ether oxygens (including phenoxy) is 1. The Balaban J connectivity index is 3.02. The van der Waals surface area contributed by atoms with Gasteiger partial charge in [-0.15, -0.1) is 0 Å². The fourth-order valence-corrected chi connectivity index (χ4v) is 1.04. The van der Waals surface area contributed by atoms with Gasteiger partial charge in [-0.3, -0.25) is 4.79 Å². The van der Waals surface area contributed by atoms with Gasteiger partial charge in [-0.1, -0.05) is 0 Å². The van der Waals surface area contributed by atoms with E-state index in [1.165, 1.54) is 0 Å². The van der Waals surface area contributed by atoms with Gasteiger partial charge in [0.1, 0.15) is 6.61 Å². The lowest BCUT2D eigenvalue weighted by Gasteiger charge is -2.12. The fourth-order valence-electron chi connectivity index (χ4n) is 1.04. The van der Waals surface area contributed by atoms with Crippen molar-refractivity contribution >= 4 is 12.3 Å². The highest BCUT2D eigenvalue weighted by molar-refractivity contribution is 5.46. The molecule has 1 heterocycles. The lowest BCUT2D eigenvalue weighted by Crippen LogP contribution is -2.17. The van der Waals surface area contributed by atoms with Crippen LogP contribution >= 0.6 is 0 Å². The number of halogens is 3. The van der Waals surface area contributed by atoms with Crippen LogP contribution in [0.3, 0.4) is 0 Å². The summed E-state index contributed by atoms with van der Waals surface area (Å²) in [6.07, 6.45) is -4.54.